The summed E-state index contributed by atoms with van der Waals surface area (Å²) in [6.07, 6.45) is 13.6. The van der Waals surface area contributed by atoms with Crippen molar-refractivity contribution in [1.29, 1.82) is 0 Å². The molecule has 4 heteroatoms. The molecular formula is C26H31FN2O. The van der Waals surface area contributed by atoms with E-state index in [4.69, 9.17) is 0 Å². The first-order valence-corrected chi connectivity index (χ1v) is 11.2. The molecule has 1 aromatic heterocycles. The lowest BCUT2D eigenvalue weighted by Crippen LogP contribution is -2.44. The SMILES string of the molecule is CNCC1CC2CCCCC2C(/C=C/c2ccc(-c3cccc(F)c3)cn2)C1C=O. The second kappa shape index (κ2) is 9.65. The first-order chi connectivity index (χ1) is 14.7. The molecule has 2 aliphatic carbocycles. The molecule has 1 N–H and O–H groups in total. The van der Waals surface area contributed by atoms with Crippen molar-refractivity contribution in [2.45, 2.75) is 32.1 Å². The predicted molar refractivity (Wildman–Crippen MR) is 119 cm³/mol. The van der Waals surface area contributed by atoms with Gasteiger partial charge < -0.3 is 10.1 Å². The first-order valence-electron chi connectivity index (χ1n) is 11.2. The number of halogens is 1. The predicted octanol–water partition coefficient (Wildman–Crippen LogP) is 5.38. The standard InChI is InChI=1S/C26H31FN2O/c1-28-15-21-13-19-5-2-3-8-24(19)25(26(21)17-30)12-11-23-10-9-20(16-29-23)18-6-4-7-22(27)14-18/h4,6-7,9-12,14,16-17,19,21,24-26,28H,2-3,5,8,13,15H2,1H3/b12-11+. The number of nitrogens with one attached hydrogen (secondary N) is 1. The van der Waals surface area contributed by atoms with Crippen molar-refractivity contribution < 1.29 is 9.18 Å². The number of nitrogens with zero attached hydrogens (tertiary/aromatic N) is 1. The molecule has 2 aromatic rings. The van der Waals surface area contributed by atoms with Gasteiger partial charge in [-0.15, -0.1) is 0 Å². The monoisotopic (exact) mass is 406 g/mol. The van der Waals surface area contributed by atoms with E-state index in [0.29, 0.717) is 11.8 Å². The third-order valence-corrected chi connectivity index (χ3v) is 7.11. The maximum absolute atomic E-state index is 13.5. The summed E-state index contributed by atoms with van der Waals surface area (Å²) < 4.78 is 13.5. The van der Waals surface area contributed by atoms with Crippen molar-refractivity contribution in [2.75, 3.05) is 13.6 Å². The number of carbonyl (C=O) groups excluding carboxylic acids is 1. The number of fused-ring (bicyclic) bond motifs is 1. The maximum Gasteiger partial charge on any atom is 0.123 e. The highest BCUT2D eigenvalue weighted by molar-refractivity contribution is 5.64. The van der Waals surface area contributed by atoms with E-state index < -0.39 is 0 Å². The molecule has 0 bridgehead atoms. The van der Waals surface area contributed by atoms with Crippen LogP contribution >= 0.6 is 0 Å². The van der Waals surface area contributed by atoms with Crippen LogP contribution in [0.15, 0.2) is 48.7 Å². The number of hydrogen-bond donors (Lipinski definition) is 1. The summed E-state index contributed by atoms with van der Waals surface area (Å²) in [6.45, 7) is 0.900. The van der Waals surface area contributed by atoms with Gasteiger partial charge in [-0.1, -0.05) is 43.5 Å². The van der Waals surface area contributed by atoms with Gasteiger partial charge in [-0.3, -0.25) is 4.98 Å². The molecule has 2 aliphatic rings. The van der Waals surface area contributed by atoms with Crippen LogP contribution in [0.25, 0.3) is 17.2 Å². The minimum atomic E-state index is -0.244. The molecule has 0 spiro atoms. The average molecular weight is 407 g/mol. The van der Waals surface area contributed by atoms with Gasteiger partial charge >= 0.3 is 0 Å². The Morgan fingerprint density at radius 3 is 2.73 bits per heavy atom. The normalized spacial score (nSPS) is 28.9. The molecule has 158 valence electrons. The summed E-state index contributed by atoms with van der Waals surface area (Å²) in [4.78, 5) is 16.6. The topological polar surface area (TPSA) is 42.0 Å². The second-order valence-electron chi connectivity index (χ2n) is 8.89. The highest BCUT2D eigenvalue weighted by Gasteiger charge is 2.43. The zero-order valence-corrected chi connectivity index (χ0v) is 17.6. The number of aromatic nitrogens is 1. The lowest BCUT2D eigenvalue weighted by Gasteiger charge is -2.47. The van der Waals surface area contributed by atoms with Crippen LogP contribution in [0.4, 0.5) is 4.39 Å². The number of allylic oxidation sites excluding steroid dienone is 1. The van der Waals surface area contributed by atoms with E-state index in [9.17, 15) is 9.18 Å². The van der Waals surface area contributed by atoms with Gasteiger partial charge in [0.2, 0.25) is 0 Å². The molecule has 1 heterocycles. The Bertz CT molecular complexity index is 879. The molecule has 5 atom stereocenters. The molecule has 30 heavy (non-hydrogen) atoms. The molecule has 3 nitrogen and oxygen atoms in total. The largest absolute Gasteiger partial charge is 0.319 e. The Morgan fingerprint density at radius 1 is 1.13 bits per heavy atom. The summed E-state index contributed by atoms with van der Waals surface area (Å²) in [5.41, 5.74) is 2.60. The second-order valence-corrected chi connectivity index (χ2v) is 8.89. The Labute approximate surface area is 178 Å². The van der Waals surface area contributed by atoms with E-state index in [1.807, 2.05) is 25.2 Å². The van der Waals surface area contributed by atoms with Gasteiger partial charge in [-0.05, 0) is 79.9 Å². The third kappa shape index (κ3) is 4.54. The number of hydrogen-bond acceptors (Lipinski definition) is 3. The molecule has 0 amide bonds. The fourth-order valence-corrected chi connectivity index (χ4v) is 5.69. The molecule has 2 saturated carbocycles. The zero-order valence-electron chi connectivity index (χ0n) is 17.6. The first kappa shape index (κ1) is 20.9. The Kier molecular flexibility index (Phi) is 6.73. The van der Waals surface area contributed by atoms with Gasteiger partial charge in [0.05, 0.1) is 5.69 Å². The van der Waals surface area contributed by atoms with Gasteiger partial charge in [-0.2, -0.15) is 0 Å². The molecule has 1 aromatic carbocycles. The summed E-state index contributed by atoms with van der Waals surface area (Å²) in [5.74, 6) is 1.84. The van der Waals surface area contributed by atoms with Gasteiger partial charge in [0, 0.05) is 17.7 Å². The van der Waals surface area contributed by atoms with Gasteiger partial charge in [0.15, 0.2) is 0 Å². The Balaban J connectivity index is 1.54. The fraction of sp³-hybridized carbons (Fsp3) is 0.462. The van der Waals surface area contributed by atoms with Crippen LogP contribution in [-0.2, 0) is 4.79 Å². The van der Waals surface area contributed by atoms with Crippen LogP contribution in [0.1, 0.15) is 37.8 Å². The molecule has 0 radical (unpaired) electrons. The fourth-order valence-electron chi connectivity index (χ4n) is 5.69. The number of carbonyl (C=O) groups is 1. The lowest BCUT2D eigenvalue weighted by molar-refractivity contribution is -0.117. The highest BCUT2D eigenvalue weighted by atomic mass is 19.1. The van der Waals surface area contributed by atoms with Crippen LogP contribution in [0, 0.1) is 35.4 Å². The highest BCUT2D eigenvalue weighted by Crippen LogP contribution is 2.48. The maximum atomic E-state index is 13.5. The van der Waals surface area contributed by atoms with Gasteiger partial charge in [0.25, 0.3) is 0 Å². The molecule has 4 rings (SSSR count). The molecule has 5 unspecified atom stereocenters. The van der Waals surface area contributed by atoms with Crippen molar-refractivity contribution in [1.82, 2.24) is 10.3 Å². The number of aldehydes is 1. The molecule has 2 fully saturated rings. The van der Waals surface area contributed by atoms with Crippen molar-refractivity contribution in [3.63, 3.8) is 0 Å². The molecule has 0 aliphatic heterocycles. The third-order valence-electron chi connectivity index (χ3n) is 7.11. The Morgan fingerprint density at radius 2 is 2.00 bits per heavy atom. The smallest absolute Gasteiger partial charge is 0.123 e. The van der Waals surface area contributed by atoms with Crippen molar-refractivity contribution in [2.24, 2.45) is 29.6 Å². The lowest BCUT2D eigenvalue weighted by atomic mass is 9.58. The number of rotatable bonds is 6. The number of pyridine rings is 1. The number of benzene rings is 1. The molecule has 0 saturated heterocycles. The minimum Gasteiger partial charge on any atom is -0.319 e. The van der Waals surface area contributed by atoms with Gasteiger partial charge in [0.1, 0.15) is 12.1 Å². The van der Waals surface area contributed by atoms with Crippen LogP contribution < -0.4 is 5.32 Å². The van der Waals surface area contributed by atoms with E-state index >= 15 is 0 Å². The van der Waals surface area contributed by atoms with E-state index in [1.165, 1.54) is 50.5 Å². The zero-order chi connectivity index (χ0) is 20.9. The summed E-state index contributed by atoms with van der Waals surface area (Å²) in [6, 6.07) is 10.5. The van der Waals surface area contributed by atoms with Crippen LogP contribution in [0.3, 0.4) is 0 Å². The van der Waals surface area contributed by atoms with Crippen LogP contribution in [-0.4, -0.2) is 24.9 Å². The summed E-state index contributed by atoms with van der Waals surface area (Å²) in [7, 11) is 1.98. The van der Waals surface area contributed by atoms with E-state index in [1.54, 1.807) is 12.3 Å². The summed E-state index contributed by atoms with van der Waals surface area (Å²) in [5, 5.41) is 3.30. The van der Waals surface area contributed by atoms with Crippen LogP contribution in [0.5, 0.6) is 0 Å². The average Bonchev–Trinajstić information content (AvgIpc) is 2.78. The molecular weight excluding hydrogens is 375 g/mol. The van der Waals surface area contributed by atoms with E-state index in [2.05, 4.69) is 22.5 Å². The van der Waals surface area contributed by atoms with Crippen molar-refractivity contribution in [3.05, 3.63) is 60.2 Å². The van der Waals surface area contributed by atoms with E-state index in [-0.39, 0.29) is 17.7 Å². The van der Waals surface area contributed by atoms with Gasteiger partial charge in [-0.25, -0.2) is 4.39 Å². The minimum absolute atomic E-state index is 0.0691. The Hall–Kier alpha value is -2.33. The van der Waals surface area contributed by atoms with E-state index in [0.717, 1.165) is 29.3 Å². The van der Waals surface area contributed by atoms with Crippen molar-refractivity contribution in [3.8, 4) is 11.1 Å². The summed E-state index contributed by atoms with van der Waals surface area (Å²) >= 11 is 0. The van der Waals surface area contributed by atoms with Crippen LogP contribution in [0.2, 0.25) is 0 Å². The quantitative estimate of drug-likeness (QED) is 0.655. The van der Waals surface area contributed by atoms with Crippen molar-refractivity contribution >= 4 is 12.4 Å².